The van der Waals surface area contributed by atoms with Gasteiger partial charge in [-0.1, -0.05) is 24.3 Å². The fourth-order valence-corrected chi connectivity index (χ4v) is 6.74. The minimum Gasteiger partial charge on any atom is -0.324 e. The van der Waals surface area contributed by atoms with Crippen LogP contribution in [0, 0.1) is 0 Å². The quantitative estimate of drug-likeness (QED) is 0.200. The second-order valence-corrected chi connectivity index (χ2v) is 11.9. The third-order valence-electron chi connectivity index (χ3n) is 7.35. The third-order valence-corrected chi connectivity index (χ3v) is 9.05. The standard InChI is InChI=1S/C32H26BrN7OS/c1-39-14-11-20-8-9-24(16-22(20)17-39)36-32-34-12-10-27(37-32)30-29(38-28-7-2-3-13-40(28)30)21-5-4-6-23(15-21)35-31(41)25-18-42-19-26(25)33/h2-10,12-13,15-16,18-19H,11,14,17H2,1H3,(H,35,41)(H,34,36,37). The van der Waals surface area contributed by atoms with E-state index >= 15 is 0 Å². The van der Waals surface area contributed by atoms with E-state index in [0.717, 1.165) is 58.0 Å². The van der Waals surface area contributed by atoms with Crippen LogP contribution in [0.1, 0.15) is 21.5 Å². The minimum absolute atomic E-state index is 0.171. The number of nitrogens with one attached hydrogen (secondary N) is 2. The molecule has 0 saturated heterocycles. The first kappa shape index (κ1) is 26.5. The molecule has 2 N–H and O–H groups in total. The fraction of sp³-hybridized carbons (Fsp3) is 0.125. The summed E-state index contributed by atoms with van der Waals surface area (Å²) in [4.78, 5) is 29.6. The van der Waals surface area contributed by atoms with Gasteiger partial charge in [0.15, 0.2) is 0 Å². The van der Waals surface area contributed by atoms with Crippen molar-refractivity contribution in [3.63, 3.8) is 0 Å². The number of anilines is 3. The van der Waals surface area contributed by atoms with Crippen molar-refractivity contribution in [3.05, 3.63) is 111 Å². The van der Waals surface area contributed by atoms with Crippen molar-refractivity contribution >= 4 is 56.1 Å². The van der Waals surface area contributed by atoms with Gasteiger partial charge in [-0.2, -0.15) is 11.3 Å². The number of fused-ring (bicyclic) bond motifs is 2. The Bertz CT molecular complexity index is 1950. The second kappa shape index (κ2) is 11.1. The molecule has 8 nitrogen and oxygen atoms in total. The summed E-state index contributed by atoms with van der Waals surface area (Å²) in [5.74, 6) is 0.339. The van der Waals surface area contributed by atoms with Crippen molar-refractivity contribution in [2.45, 2.75) is 13.0 Å². The smallest absolute Gasteiger partial charge is 0.257 e. The lowest BCUT2D eigenvalue weighted by molar-refractivity contribution is 0.102. The number of carbonyl (C=O) groups excluding carboxylic acids is 1. The van der Waals surface area contributed by atoms with E-state index in [1.54, 1.807) is 6.20 Å². The number of benzene rings is 2. The summed E-state index contributed by atoms with van der Waals surface area (Å²) in [6.45, 7) is 2.01. The van der Waals surface area contributed by atoms with E-state index < -0.39 is 0 Å². The average molecular weight is 637 g/mol. The molecular formula is C32H26BrN7OS. The van der Waals surface area contributed by atoms with Crippen molar-refractivity contribution < 1.29 is 4.79 Å². The molecule has 0 bridgehead atoms. The van der Waals surface area contributed by atoms with E-state index in [0.29, 0.717) is 17.2 Å². The largest absolute Gasteiger partial charge is 0.324 e. The summed E-state index contributed by atoms with van der Waals surface area (Å²) in [6.07, 6.45) is 4.81. The molecule has 0 saturated carbocycles. The number of carbonyl (C=O) groups is 1. The van der Waals surface area contributed by atoms with Crippen molar-refractivity contribution in [1.29, 1.82) is 0 Å². The molecular weight excluding hydrogens is 610 g/mol. The molecule has 1 amide bonds. The number of halogens is 1. The van der Waals surface area contributed by atoms with Crippen LogP contribution in [0.25, 0.3) is 28.3 Å². The predicted molar refractivity (Wildman–Crippen MR) is 171 cm³/mol. The lowest BCUT2D eigenvalue weighted by atomic mass is 9.99. The number of hydrogen-bond acceptors (Lipinski definition) is 7. The van der Waals surface area contributed by atoms with Crippen LogP contribution >= 0.6 is 27.3 Å². The van der Waals surface area contributed by atoms with E-state index in [1.165, 1.54) is 22.5 Å². The molecule has 2 aromatic carbocycles. The number of hydrogen-bond donors (Lipinski definition) is 2. The van der Waals surface area contributed by atoms with Crippen molar-refractivity contribution in [1.82, 2.24) is 24.3 Å². The summed E-state index contributed by atoms with van der Waals surface area (Å²) < 4.78 is 2.81. The van der Waals surface area contributed by atoms with Gasteiger partial charge in [0.05, 0.1) is 22.6 Å². The highest BCUT2D eigenvalue weighted by molar-refractivity contribution is 9.10. The topological polar surface area (TPSA) is 87.5 Å². The molecule has 0 aliphatic carbocycles. The third kappa shape index (κ3) is 5.20. The Balaban J connectivity index is 1.24. The molecule has 1 aliphatic heterocycles. The first-order valence-electron chi connectivity index (χ1n) is 13.5. The lowest BCUT2D eigenvalue weighted by Crippen LogP contribution is -2.26. The summed E-state index contributed by atoms with van der Waals surface area (Å²) in [6, 6.07) is 22.0. The number of likely N-dealkylation sites (N-methyl/N-ethyl adjacent to an activating group) is 1. The maximum atomic E-state index is 12.9. The van der Waals surface area contributed by atoms with Gasteiger partial charge < -0.3 is 15.5 Å². The molecule has 1 aliphatic rings. The Kier molecular flexibility index (Phi) is 7.02. The first-order valence-corrected chi connectivity index (χ1v) is 15.3. The van der Waals surface area contributed by atoms with E-state index in [2.05, 4.69) is 61.7 Å². The molecule has 42 heavy (non-hydrogen) atoms. The highest BCUT2D eigenvalue weighted by Gasteiger charge is 2.19. The number of pyridine rings is 1. The SMILES string of the molecule is CN1CCc2ccc(Nc3nccc(-c4c(-c5cccc(NC(=O)c6cscc6Br)c5)nc5ccccn45)n3)cc2C1. The van der Waals surface area contributed by atoms with E-state index in [9.17, 15) is 4.79 Å². The van der Waals surface area contributed by atoms with Crippen molar-refractivity contribution in [2.24, 2.45) is 0 Å². The molecule has 0 unspecified atom stereocenters. The number of aromatic nitrogens is 4. The monoisotopic (exact) mass is 635 g/mol. The Hall–Kier alpha value is -4.38. The summed E-state index contributed by atoms with van der Waals surface area (Å²) in [5.41, 5.74) is 8.96. The van der Waals surface area contributed by atoms with Crippen molar-refractivity contribution in [3.8, 4) is 22.6 Å². The molecule has 0 atom stereocenters. The Morgan fingerprint density at radius 2 is 1.90 bits per heavy atom. The highest BCUT2D eigenvalue weighted by Crippen LogP contribution is 2.34. The van der Waals surface area contributed by atoms with E-state index in [-0.39, 0.29) is 5.91 Å². The van der Waals surface area contributed by atoms with E-state index in [1.807, 2.05) is 69.9 Å². The molecule has 4 aromatic heterocycles. The second-order valence-electron chi connectivity index (χ2n) is 10.3. The predicted octanol–water partition coefficient (Wildman–Crippen LogP) is 7.27. The zero-order valence-electron chi connectivity index (χ0n) is 22.7. The Morgan fingerprint density at radius 3 is 2.79 bits per heavy atom. The summed E-state index contributed by atoms with van der Waals surface area (Å²) in [5, 5.41) is 10.1. The zero-order chi connectivity index (χ0) is 28.6. The fourth-order valence-electron chi connectivity index (χ4n) is 5.28. The maximum absolute atomic E-state index is 12.9. The Labute approximate surface area is 255 Å². The van der Waals surface area contributed by atoms with Crippen molar-refractivity contribution in [2.75, 3.05) is 24.2 Å². The molecule has 0 radical (unpaired) electrons. The van der Waals surface area contributed by atoms with Gasteiger partial charge in [0, 0.05) is 57.7 Å². The lowest BCUT2D eigenvalue weighted by Gasteiger charge is -2.25. The molecule has 6 aromatic rings. The number of amides is 1. The number of imidazole rings is 1. The summed E-state index contributed by atoms with van der Waals surface area (Å²) in [7, 11) is 2.15. The molecule has 208 valence electrons. The van der Waals surface area contributed by atoms with Crippen LogP contribution in [0.15, 0.2) is 94.4 Å². The van der Waals surface area contributed by atoms with Crippen LogP contribution in [-0.2, 0) is 13.0 Å². The maximum Gasteiger partial charge on any atom is 0.257 e. The van der Waals surface area contributed by atoms with Gasteiger partial charge in [-0.3, -0.25) is 9.20 Å². The van der Waals surface area contributed by atoms with Gasteiger partial charge in [0.25, 0.3) is 5.91 Å². The van der Waals surface area contributed by atoms with Crippen LogP contribution < -0.4 is 10.6 Å². The summed E-state index contributed by atoms with van der Waals surface area (Å²) >= 11 is 4.92. The van der Waals surface area contributed by atoms with Crippen LogP contribution in [0.5, 0.6) is 0 Å². The van der Waals surface area contributed by atoms with Crippen LogP contribution in [0.3, 0.4) is 0 Å². The minimum atomic E-state index is -0.171. The van der Waals surface area contributed by atoms with Gasteiger partial charge in [-0.05, 0) is 83.0 Å². The van der Waals surface area contributed by atoms with Crippen LogP contribution in [0.4, 0.5) is 17.3 Å². The average Bonchev–Trinajstić information content (AvgIpc) is 3.61. The molecule has 0 spiro atoms. The van der Waals surface area contributed by atoms with Gasteiger partial charge in [0.1, 0.15) is 5.65 Å². The van der Waals surface area contributed by atoms with E-state index in [4.69, 9.17) is 9.97 Å². The molecule has 5 heterocycles. The van der Waals surface area contributed by atoms with Gasteiger partial charge in [-0.25, -0.2) is 15.0 Å². The highest BCUT2D eigenvalue weighted by atomic mass is 79.9. The zero-order valence-corrected chi connectivity index (χ0v) is 25.1. The van der Waals surface area contributed by atoms with Crippen LogP contribution in [-0.4, -0.2) is 43.8 Å². The molecule has 10 heteroatoms. The number of nitrogens with zero attached hydrogens (tertiary/aromatic N) is 5. The molecule has 0 fully saturated rings. The molecule has 7 rings (SSSR count). The Morgan fingerprint density at radius 1 is 0.976 bits per heavy atom. The first-order chi connectivity index (χ1) is 20.5. The number of thiophene rings is 1. The number of rotatable bonds is 6. The van der Waals surface area contributed by atoms with Crippen LogP contribution in [0.2, 0.25) is 0 Å². The van der Waals surface area contributed by atoms with Gasteiger partial charge >= 0.3 is 0 Å². The normalized spacial score (nSPS) is 13.2. The van der Waals surface area contributed by atoms with Gasteiger partial charge in [-0.15, -0.1) is 0 Å². The van der Waals surface area contributed by atoms with Gasteiger partial charge in [0.2, 0.25) is 5.95 Å².